The summed E-state index contributed by atoms with van der Waals surface area (Å²) in [4.78, 5) is 20.7. The molecule has 1 aromatic rings. The Kier molecular flexibility index (Phi) is 5.67. The molecule has 0 bridgehead atoms. The van der Waals surface area contributed by atoms with Crippen molar-refractivity contribution in [2.24, 2.45) is 5.73 Å². The molecule has 1 heterocycles. The lowest BCUT2D eigenvalue weighted by Gasteiger charge is -2.12. The van der Waals surface area contributed by atoms with E-state index in [0.29, 0.717) is 13.0 Å². The number of rotatable bonds is 4. The van der Waals surface area contributed by atoms with E-state index >= 15 is 0 Å². The maximum absolute atomic E-state index is 11.8. The number of carboxylic acid groups (broad SMARTS) is 1. The minimum absolute atomic E-state index is 0.00588. The van der Waals surface area contributed by atoms with E-state index in [1.165, 1.54) is 0 Å². The van der Waals surface area contributed by atoms with Crippen LogP contribution in [0.25, 0.3) is 0 Å². The van der Waals surface area contributed by atoms with Crippen LogP contribution in [0.15, 0.2) is 30.3 Å². The lowest BCUT2D eigenvalue weighted by Crippen LogP contribution is -2.40. The van der Waals surface area contributed by atoms with Gasteiger partial charge in [-0.15, -0.1) is 0 Å². The fourth-order valence-electron chi connectivity index (χ4n) is 1.60. The van der Waals surface area contributed by atoms with E-state index in [0.717, 1.165) is 5.56 Å². The van der Waals surface area contributed by atoms with Crippen LogP contribution in [0.5, 0.6) is 0 Å². The Morgan fingerprint density at radius 1 is 1.36 bits per heavy atom. The molecule has 1 aliphatic heterocycles. The molecule has 5 nitrogen and oxygen atoms in total. The van der Waals surface area contributed by atoms with Gasteiger partial charge in [-0.25, -0.2) is 4.79 Å². The van der Waals surface area contributed by atoms with Crippen LogP contribution in [-0.2, 0) is 20.7 Å². The molecule has 2 unspecified atom stereocenters. The standard InChI is InChI=1S/C12H15NO2.C2HF3O2/c1-12(8-15-12)11(14)10(13)7-9-5-3-2-4-6-9;3-2(4,5)1(6)7/h2-6,10H,7-8,13H2,1H3;(H,6,7). The molecule has 2 atom stereocenters. The quantitative estimate of drug-likeness (QED) is 0.821. The molecule has 3 N–H and O–H groups in total. The normalized spacial score (nSPS) is 21.3. The SMILES string of the molecule is CC1(C(=O)C(N)Cc2ccccc2)CO1.O=C(O)C(F)(F)F. The molecule has 1 aromatic carbocycles. The molecule has 0 amide bonds. The molecule has 0 saturated carbocycles. The maximum atomic E-state index is 11.8. The first-order valence-electron chi connectivity index (χ1n) is 6.34. The second kappa shape index (κ2) is 6.89. The molecule has 1 saturated heterocycles. The lowest BCUT2D eigenvalue weighted by atomic mass is 9.96. The number of nitrogens with two attached hydrogens (primary N) is 1. The van der Waals surface area contributed by atoms with E-state index in [1.807, 2.05) is 30.3 Å². The number of hydrogen-bond acceptors (Lipinski definition) is 4. The molecule has 122 valence electrons. The number of carboxylic acids is 1. The predicted octanol–water partition coefficient (Wildman–Crippen LogP) is 1.55. The van der Waals surface area contributed by atoms with Gasteiger partial charge in [0.15, 0.2) is 5.78 Å². The number of hydrogen-bond donors (Lipinski definition) is 2. The Balaban J connectivity index is 0.000000295. The van der Waals surface area contributed by atoms with Gasteiger partial charge in [0, 0.05) is 0 Å². The zero-order chi connectivity index (χ0) is 17.0. The van der Waals surface area contributed by atoms with E-state index in [-0.39, 0.29) is 5.78 Å². The number of carbonyl (C=O) groups excluding carboxylic acids is 1. The van der Waals surface area contributed by atoms with Gasteiger partial charge in [0.1, 0.15) is 5.60 Å². The highest BCUT2D eigenvalue weighted by atomic mass is 19.4. The number of halogens is 3. The summed E-state index contributed by atoms with van der Waals surface area (Å²) >= 11 is 0. The molecule has 0 spiro atoms. The van der Waals surface area contributed by atoms with Gasteiger partial charge in [-0.1, -0.05) is 30.3 Å². The average molecular weight is 319 g/mol. The monoisotopic (exact) mass is 319 g/mol. The molecule has 0 radical (unpaired) electrons. The van der Waals surface area contributed by atoms with Crippen LogP contribution < -0.4 is 5.73 Å². The molecule has 2 rings (SSSR count). The van der Waals surface area contributed by atoms with Crippen molar-refractivity contribution in [1.82, 2.24) is 0 Å². The maximum Gasteiger partial charge on any atom is 0.490 e. The van der Waals surface area contributed by atoms with Gasteiger partial charge in [0.05, 0.1) is 12.6 Å². The summed E-state index contributed by atoms with van der Waals surface area (Å²) in [5.74, 6) is -2.75. The topological polar surface area (TPSA) is 92.9 Å². The van der Waals surface area contributed by atoms with Crippen LogP contribution in [0.4, 0.5) is 13.2 Å². The van der Waals surface area contributed by atoms with Gasteiger partial charge >= 0.3 is 12.1 Å². The molecular formula is C14H16F3NO4. The minimum atomic E-state index is -5.08. The third-order valence-corrected chi connectivity index (χ3v) is 2.98. The fraction of sp³-hybridized carbons (Fsp3) is 0.429. The predicted molar refractivity (Wildman–Crippen MR) is 71.2 cm³/mol. The first-order chi connectivity index (χ1) is 10.1. The van der Waals surface area contributed by atoms with Gasteiger partial charge in [-0.05, 0) is 18.9 Å². The summed E-state index contributed by atoms with van der Waals surface area (Å²) in [6.45, 7) is 2.30. The van der Waals surface area contributed by atoms with Crippen molar-refractivity contribution >= 4 is 11.8 Å². The van der Waals surface area contributed by atoms with E-state index in [4.69, 9.17) is 20.4 Å². The first-order valence-corrected chi connectivity index (χ1v) is 6.34. The average Bonchev–Trinajstić information content (AvgIpc) is 3.18. The zero-order valence-electron chi connectivity index (χ0n) is 11.8. The Morgan fingerprint density at radius 3 is 2.18 bits per heavy atom. The highest BCUT2D eigenvalue weighted by molar-refractivity contribution is 5.93. The van der Waals surface area contributed by atoms with Crippen molar-refractivity contribution in [2.75, 3.05) is 6.61 Å². The minimum Gasteiger partial charge on any atom is -0.475 e. The van der Waals surface area contributed by atoms with Crippen LogP contribution in [-0.4, -0.2) is 41.3 Å². The summed E-state index contributed by atoms with van der Waals surface area (Å²) in [6.07, 6.45) is -4.50. The van der Waals surface area contributed by atoms with E-state index in [9.17, 15) is 18.0 Å². The van der Waals surface area contributed by atoms with Crippen molar-refractivity contribution in [2.45, 2.75) is 31.2 Å². The number of aliphatic carboxylic acids is 1. The number of benzene rings is 1. The van der Waals surface area contributed by atoms with Crippen LogP contribution in [0.3, 0.4) is 0 Å². The Hall–Kier alpha value is -1.93. The lowest BCUT2D eigenvalue weighted by molar-refractivity contribution is -0.192. The van der Waals surface area contributed by atoms with Crippen LogP contribution in [0, 0.1) is 0 Å². The highest BCUT2D eigenvalue weighted by Crippen LogP contribution is 2.28. The Morgan fingerprint density at radius 2 is 1.82 bits per heavy atom. The summed E-state index contributed by atoms with van der Waals surface area (Å²) in [5, 5.41) is 7.12. The molecule has 22 heavy (non-hydrogen) atoms. The van der Waals surface area contributed by atoms with Gasteiger partial charge in [-0.2, -0.15) is 13.2 Å². The highest BCUT2D eigenvalue weighted by Gasteiger charge is 2.48. The Bertz CT molecular complexity index is 527. The van der Waals surface area contributed by atoms with E-state index in [2.05, 4.69) is 0 Å². The number of alkyl halides is 3. The number of carbonyl (C=O) groups is 2. The van der Waals surface area contributed by atoms with Crippen LogP contribution in [0.1, 0.15) is 12.5 Å². The van der Waals surface area contributed by atoms with Crippen molar-refractivity contribution in [1.29, 1.82) is 0 Å². The molecule has 1 aliphatic rings. The molecule has 1 fully saturated rings. The van der Waals surface area contributed by atoms with Crippen molar-refractivity contribution in [3.63, 3.8) is 0 Å². The number of ether oxygens (including phenoxy) is 1. The van der Waals surface area contributed by atoms with Gasteiger partial charge < -0.3 is 15.6 Å². The van der Waals surface area contributed by atoms with Gasteiger partial charge in [0.25, 0.3) is 0 Å². The van der Waals surface area contributed by atoms with Crippen molar-refractivity contribution in [3.05, 3.63) is 35.9 Å². The van der Waals surface area contributed by atoms with Gasteiger partial charge in [-0.3, -0.25) is 4.79 Å². The first kappa shape index (κ1) is 18.1. The second-order valence-corrected chi connectivity index (χ2v) is 4.98. The summed E-state index contributed by atoms with van der Waals surface area (Å²) in [7, 11) is 0. The summed E-state index contributed by atoms with van der Waals surface area (Å²) < 4.78 is 36.8. The fourth-order valence-corrected chi connectivity index (χ4v) is 1.60. The molecule has 8 heteroatoms. The number of epoxide rings is 1. The number of Topliss-reactive ketones (excluding diaryl/α,β-unsaturated/α-hetero) is 1. The summed E-state index contributed by atoms with van der Waals surface area (Å²) in [6, 6.07) is 9.33. The Labute approximate surface area is 124 Å². The zero-order valence-corrected chi connectivity index (χ0v) is 11.8. The van der Waals surface area contributed by atoms with Crippen LogP contribution >= 0.6 is 0 Å². The molecular weight excluding hydrogens is 303 g/mol. The van der Waals surface area contributed by atoms with E-state index in [1.54, 1.807) is 6.92 Å². The molecule has 0 aliphatic carbocycles. The number of ketones is 1. The smallest absolute Gasteiger partial charge is 0.475 e. The van der Waals surface area contributed by atoms with Crippen LogP contribution in [0.2, 0.25) is 0 Å². The summed E-state index contributed by atoms with van der Waals surface area (Å²) in [5.41, 5.74) is 6.33. The van der Waals surface area contributed by atoms with Crippen molar-refractivity contribution in [3.8, 4) is 0 Å². The van der Waals surface area contributed by atoms with Gasteiger partial charge in [0.2, 0.25) is 0 Å². The third kappa shape index (κ3) is 5.45. The molecule has 0 aromatic heterocycles. The van der Waals surface area contributed by atoms with E-state index < -0.39 is 23.8 Å². The van der Waals surface area contributed by atoms with Crippen molar-refractivity contribution < 1.29 is 32.6 Å². The third-order valence-electron chi connectivity index (χ3n) is 2.98. The second-order valence-electron chi connectivity index (χ2n) is 4.98. The largest absolute Gasteiger partial charge is 0.490 e.